The molecule has 0 bridgehead atoms. The van der Waals surface area contributed by atoms with Crippen molar-refractivity contribution in [3.8, 4) is 0 Å². The van der Waals surface area contributed by atoms with Gasteiger partial charge < -0.3 is 14.4 Å². The van der Waals surface area contributed by atoms with Crippen molar-refractivity contribution in [1.82, 2.24) is 14.4 Å². The highest BCUT2D eigenvalue weighted by Gasteiger charge is 2.25. The summed E-state index contributed by atoms with van der Waals surface area (Å²) in [5.74, 6) is 0.113. The molecule has 1 aromatic carbocycles. The third-order valence-electron chi connectivity index (χ3n) is 5.37. The van der Waals surface area contributed by atoms with Crippen LogP contribution in [0.4, 0.5) is 0 Å². The molecule has 1 aliphatic heterocycles. The second kappa shape index (κ2) is 7.36. The van der Waals surface area contributed by atoms with E-state index in [1.165, 1.54) is 0 Å². The zero-order chi connectivity index (χ0) is 18.8. The fourth-order valence-corrected chi connectivity index (χ4v) is 3.44. The Kier molecular flexibility index (Phi) is 5.16. The summed E-state index contributed by atoms with van der Waals surface area (Å²) in [6.45, 7) is 8.51. The summed E-state index contributed by atoms with van der Waals surface area (Å²) in [5, 5.41) is 0. The van der Waals surface area contributed by atoms with Crippen LogP contribution in [0.3, 0.4) is 0 Å². The van der Waals surface area contributed by atoms with E-state index in [1.54, 1.807) is 0 Å². The van der Waals surface area contributed by atoms with Gasteiger partial charge in [0.15, 0.2) is 0 Å². The van der Waals surface area contributed by atoms with E-state index >= 15 is 0 Å². The second-order valence-electron chi connectivity index (χ2n) is 7.15. The van der Waals surface area contributed by atoms with Crippen molar-refractivity contribution in [1.29, 1.82) is 0 Å². The average Bonchev–Trinajstić information content (AvgIpc) is 2.83. The lowest BCUT2D eigenvalue weighted by molar-refractivity contribution is 0.0718. The molecule has 1 aliphatic rings. The molecule has 0 spiro atoms. The van der Waals surface area contributed by atoms with Gasteiger partial charge in [-0.1, -0.05) is 17.7 Å². The molecule has 0 saturated carbocycles. The summed E-state index contributed by atoms with van der Waals surface area (Å²) < 4.78 is 2.04. The van der Waals surface area contributed by atoms with Gasteiger partial charge in [0, 0.05) is 50.2 Å². The van der Waals surface area contributed by atoms with E-state index in [0.29, 0.717) is 31.7 Å². The van der Waals surface area contributed by atoms with Crippen LogP contribution in [0.15, 0.2) is 30.3 Å². The van der Waals surface area contributed by atoms with E-state index in [2.05, 4.69) is 0 Å². The molecule has 1 saturated heterocycles. The van der Waals surface area contributed by atoms with Crippen LogP contribution < -0.4 is 0 Å². The lowest BCUT2D eigenvalue weighted by Gasteiger charge is -2.22. The van der Waals surface area contributed by atoms with Crippen molar-refractivity contribution >= 4 is 11.8 Å². The SMILES string of the molecule is Cc1ccc(C(=O)N2CCCN(C(=O)c3cc(C)n(C)c3C)CC2)cc1. The second-order valence-corrected chi connectivity index (χ2v) is 7.15. The molecule has 2 heterocycles. The number of benzene rings is 1. The van der Waals surface area contributed by atoms with Crippen LogP contribution in [0, 0.1) is 20.8 Å². The number of hydrogen-bond donors (Lipinski definition) is 0. The molecule has 3 rings (SSSR count). The molecule has 138 valence electrons. The normalized spacial score (nSPS) is 15.1. The first-order valence-corrected chi connectivity index (χ1v) is 9.16. The van der Waals surface area contributed by atoms with Gasteiger partial charge in [-0.25, -0.2) is 0 Å². The van der Waals surface area contributed by atoms with E-state index in [1.807, 2.05) is 72.5 Å². The first kappa shape index (κ1) is 18.2. The Morgan fingerprint density at radius 3 is 1.96 bits per heavy atom. The Balaban J connectivity index is 1.69. The topological polar surface area (TPSA) is 45.6 Å². The monoisotopic (exact) mass is 353 g/mol. The molecule has 2 aromatic rings. The summed E-state index contributed by atoms with van der Waals surface area (Å²) >= 11 is 0. The minimum absolute atomic E-state index is 0.0473. The highest BCUT2D eigenvalue weighted by Crippen LogP contribution is 2.17. The van der Waals surface area contributed by atoms with Crippen molar-refractivity contribution in [2.24, 2.45) is 7.05 Å². The molecular formula is C21H27N3O2. The molecular weight excluding hydrogens is 326 g/mol. The number of aryl methyl sites for hydroxylation is 2. The number of hydrogen-bond acceptors (Lipinski definition) is 2. The first-order chi connectivity index (χ1) is 12.4. The number of carbonyl (C=O) groups is 2. The zero-order valence-electron chi connectivity index (χ0n) is 16.1. The largest absolute Gasteiger partial charge is 0.351 e. The standard InChI is InChI=1S/C21H27N3O2/c1-15-6-8-18(9-7-15)20(25)23-10-5-11-24(13-12-23)21(26)19-14-16(2)22(4)17(19)3/h6-9,14H,5,10-13H2,1-4H3. The summed E-state index contributed by atoms with van der Waals surface area (Å²) in [5.41, 5.74) is 4.69. The minimum atomic E-state index is 0.0473. The van der Waals surface area contributed by atoms with Gasteiger partial charge >= 0.3 is 0 Å². The number of rotatable bonds is 2. The van der Waals surface area contributed by atoms with Gasteiger partial charge in [-0.05, 0) is 45.4 Å². The first-order valence-electron chi connectivity index (χ1n) is 9.16. The Morgan fingerprint density at radius 1 is 0.846 bits per heavy atom. The van der Waals surface area contributed by atoms with Crippen LogP contribution in [-0.4, -0.2) is 52.4 Å². The lowest BCUT2D eigenvalue weighted by Crippen LogP contribution is -2.37. The van der Waals surface area contributed by atoms with E-state index in [9.17, 15) is 9.59 Å². The minimum Gasteiger partial charge on any atom is -0.351 e. The van der Waals surface area contributed by atoms with Gasteiger partial charge in [0.25, 0.3) is 11.8 Å². The molecule has 0 aliphatic carbocycles. The van der Waals surface area contributed by atoms with Gasteiger partial charge in [-0.2, -0.15) is 0 Å². The third kappa shape index (κ3) is 3.52. The van der Waals surface area contributed by atoms with Crippen LogP contribution in [0.5, 0.6) is 0 Å². The van der Waals surface area contributed by atoms with Crippen molar-refractivity contribution in [3.63, 3.8) is 0 Å². The van der Waals surface area contributed by atoms with Crippen molar-refractivity contribution in [2.45, 2.75) is 27.2 Å². The predicted molar refractivity (Wildman–Crippen MR) is 102 cm³/mol. The fraction of sp³-hybridized carbons (Fsp3) is 0.429. The average molecular weight is 353 g/mol. The highest BCUT2D eigenvalue weighted by molar-refractivity contribution is 5.96. The molecule has 0 unspecified atom stereocenters. The number of amides is 2. The van der Waals surface area contributed by atoms with E-state index in [4.69, 9.17) is 0 Å². The van der Waals surface area contributed by atoms with E-state index in [-0.39, 0.29) is 11.8 Å². The molecule has 1 aromatic heterocycles. The molecule has 5 nitrogen and oxygen atoms in total. The van der Waals surface area contributed by atoms with Gasteiger partial charge in [0.1, 0.15) is 0 Å². The highest BCUT2D eigenvalue weighted by atomic mass is 16.2. The van der Waals surface area contributed by atoms with Crippen molar-refractivity contribution in [2.75, 3.05) is 26.2 Å². The number of nitrogens with zero attached hydrogens (tertiary/aromatic N) is 3. The van der Waals surface area contributed by atoms with Crippen molar-refractivity contribution < 1.29 is 9.59 Å². The molecule has 0 radical (unpaired) electrons. The van der Waals surface area contributed by atoms with Gasteiger partial charge in [0.05, 0.1) is 5.56 Å². The molecule has 0 atom stereocenters. The molecule has 5 heteroatoms. The summed E-state index contributed by atoms with van der Waals surface area (Å²) in [6, 6.07) is 9.63. The maximum absolute atomic E-state index is 12.9. The molecule has 26 heavy (non-hydrogen) atoms. The summed E-state index contributed by atoms with van der Waals surface area (Å²) in [7, 11) is 1.98. The smallest absolute Gasteiger partial charge is 0.255 e. The Labute approximate surface area is 155 Å². The van der Waals surface area contributed by atoms with Crippen LogP contribution in [0.25, 0.3) is 0 Å². The zero-order valence-corrected chi connectivity index (χ0v) is 16.1. The van der Waals surface area contributed by atoms with E-state index < -0.39 is 0 Å². The van der Waals surface area contributed by atoms with Gasteiger partial charge in [-0.15, -0.1) is 0 Å². The van der Waals surface area contributed by atoms with E-state index in [0.717, 1.165) is 28.9 Å². The van der Waals surface area contributed by atoms with Gasteiger partial charge in [0.2, 0.25) is 0 Å². The lowest BCUT2D eigenvalue weighted by atomic mass is 10.1. The quantitative estimate of drug-likeness (QED) is 0.833. The third-order valence-corrected chi connectivity index (χ3v) is 5.37. The predicted octanol–water partition coefficient (Wildman–Crippen LogP) is 2.94. The summed E-state index contributed by atoms with van der Waals surface area (Å²) in [4.78, 5) is 29.4. The Morgan fingerprint density at radius 2 is 1.42 bits per heavy atom. The van der Waals surface area contributed by atoms with Crippen LogP contribution >= 0.6 is 0 Å². The Hall–Kier alpha value is -2.56. The van der Waals surface area contributed by atoms with Crippen molar-refractivity contribution in [3.05, 3.63) is 58.4 Å². The molecule has 1 fully saturated rings. The maximum atomic E-state index is 12.9. The number of aromatic nitrogens is 1. The van der Waals surface area contributed by atoms with Crippen LogP contribution in [-0.2, 0) is 7.05 Å². The summed E-state index contributed by atoms with van der Waals surface area (Å²) in [6.07, 6.45) is 0.800. The van der Waals surface area contributed by atoms with Crippen LogP contribution in [0.1, 0.15) is 44.1 Å². The van der Waals surface area contributed by atoms with Crippen LogP contribution in [0.2, 0.25) is 0 Å². The molecule has 2 amide bonds. The Bertz CT molecular complexity index is 821. The van der Waals surface area contributed by atoms with Gasteiger partial charge in [-0.3, -0.25) is 9.59 Å². The molecule has 0 N–H and O–H groups in total. The number of carbonyl (C=O) groups excluding carboxylic acids is 2. The fourth-order valence-electron chi connectivity index (χ4n) is 3.44. The maximum Gasteiger partial charge on any atom is 0.255 e.